The first kappa shape index (κ1) is 18.8. The minimum atomic E-state index is -1.25. The van der Waals surface area contributed by atoms with E-state index in [1.54, 1.807) is 18.2 Å². The quantitative estimate of drug-likeness (QED) is 0.721. The highest BCUT2D eigenvalue weighted by Crippen LogP contribution is 2.38. The fraction of sp³-hybridized carbons (Fsp3) is 0.333. The van der Waals surface area contributed by atoms with Crippen molar-refractivity contribution in [3.63, 3.8) is 0 Å². The fourth-order valence-electron chi connectivity index (χ4n) is 3.50. The molecule has 3 rings (SSSR count). The van der Waals surface area contributed by atoms with Gasteiger partial charge in [0.1, 0.15) is 11.3 Å². The molecule has 1 aliphatic carbocycles. The summed E-state index contributed by atoms with van der Waals surface area (Å²) in [5.74, 6) is -1.37. The highest BCUT2D eigenvalue weighted by molar-refractivity contribution is 5.89. The largest absolute Gasteiger partial charge is 0.489 e. The van der Waals surface area contributed by atoms with Crippen LogP contribution in [0.4, 0.5) is 5.69 Å². The van der Waals surface area contributed by atoms with Crippen LogP contribution in [0, 0.1) is 6.92 Å². The summed E-state index contributed by atoms with van der Waals surface area (Å²) >= 11 is 0. The van der Waals surface area contributed by atoms with Gasteiger partial charge in [-0.15, -0.1) is 0 Å². The molecule has 1 aliphatic rings. The smallest absolute Gasteiger partial charge is 0.335 e. The van der Waals surface area contributed by atoms with E-state index in [4.69, 9.17) is 4.74 Å². The molecule has 142 valence electrons. The van der Waals surface area contributed by atoms with Crippen molar-refractivity contribution < 1.29 is 24.5 Å². The fourth-order valence-corrected chi connectivity index (χ4v) is 3.50. The lowest BCUT2D eigenvalue weighted by molar-refractivity contribution is -0.142. The van der Waals surface area contributed by atoms with Crippen molar-refractivity contribution in [3.8, 4) is 5.75 Å². The number of carboxylic acids is 2. The SMILES string of the molecule is Cc1cccc(NC2(C(=O)O)Cc3ccc(C(=O)O)cc3C2)c1OC(C)C. The zero-order chi connectivity index (χ0) is 19.8. The molecule has 0 radical (unpaired) electrons. The van der Waals surface area contributed by atoms with Crippen molar-refractivity contribution in [2.45, 2.75) is 45.3 Å². The molecule has 0 saturated heterocycles. The number of hydrogen-bond acceptors (Lipinski definition) is 4. The van der Waals surface area contributed by atoms with Crippen molar-refractivity contribution >= 4 is 17.6 Å². The van der Waals surface area contributed by atoms with Gasteiger partial charge in [-0.2, -0.15) is 0 Å². The molecule has 27 heavy (non-hydrogen) atoms. The Balaban J connectivity index is 1.98. The van der Waals surface area contributed by atoms with E-state index in [0.29, 0.717) is 11.4 Å². The van der Waals surface area contributed by atoms with Crippen LogP contribution in [-0.4, -0.2) is 33.8 Å². The minimum Gasteiger partial charge on any atom is -0.489 e. The summed E-state index contributed by atoms with van der Waals surface area (Å²) in [6, 6.07) is 10.3. The second kappa shape index (κ2) is 6.95. The molecule has 2 aromatic carbocycles. The second-order valence-electron chi connectivity index (χ2n) is 7.27. The van der Waals surface area contributed by atoms with Gasteiger partial charge in [-0.25, -0.2) is 9.59 Å². The van der Waals surface area contributed by atoms with Crippen molar-refractivity contribution in [1.82, 2.24) is 0 Å². The van der Waals surface area contributed by atoms with Crippen LogP contribution in [0.15, 0.2) is 36.4 Å². The van der Waals surface area contributed by atoms with Crippen LogP contribution in [0.3, 0.4) is 0 Å². The molecular formula is C21H23NO5. The average Bonchev–Trinajstić information content (AvgIpc) is 2.96. The van der Waals surface area contributed by atoms with E-state index in [0.717, 1.165) is 16.7 Å². The van der Waals surface area contributed by atoms with Gasteiger partial charge in [-0.3, -0.25) is 0 Å². The minimum absolute atomic E-state index is 0.0497. The van der Waals surface area contributed by atoms with E-state index >= 15 is 0 Å². The Labute approximate surface area is 157 Å². The third kappa shape index (κ3) is 3.60. The second-order valence-corrected chi connectivity index (χ2v) is 7.27. The lowest BCUT2D eigenvalue weighted by Crippen LogP contribution is -2.47. The molecule has 0 aromatic heterocycles. The number of hydrogen-bond donors (Lipinski definition) is 3. The molecule has 0 heterocycles. The van der Waals surface area contributed by atoms with E-state index in [-0.39, 0.29) is 24.5 Å². The van der Waals surface area contributed by atoms with E-state index in [9.17, 15) is 19.8 Å². The number of aryl methyl sites for hydroxylation is 1. The van der Waals surface area contributed by atoms with Gasteiger partial charge in [0.05, 0.1) is 17.4 Å². The number of carbonyl (C=O) groups is 2. The number of carboxylic acid groups (broad SMARTS) is 2. The predicted molar refractivity (Wildman–Crippen MR) is 102 cm³/mol. The molecule has 2 aromatic rings. The van der Waals surface area contributed by atoms with Crippen LogP contribution >= 0.6 is 0 Å². The Kier molecular flexibility index (Phi) is 4.83. The van der Waals surface area contributed by atoms with Gasteiger partial charge in [0.15, 0.2) is 0 Å². The van der Waals surface area contributed by atoms with Crippen molar-refractivity contribution in [2.24, 2.45) is 0 Å². The number of aliphatic carboxylic acids is 1. The number of ether oxygens (including phenoxy) is 1. The lowest BCUT2D eigenvalue weighted by atomic mass is 9.95. The van der Waals surface area contributed by atoms with Crippen LogP contribution in [0.5, 0.6) is 5.75 Å². The zero-order valence-corrected chi connectivity index (χ0v) is 15.6. The number of anilines is 1. The highest BCUT2D eigenvalue weighted by Gasteiger charge is 2.45. The molecular weight excluding hydrogens is 346 g/mol. The number of nitrogens with one attached hydrogen (secondary N) is 1. The Hall–Kier alpha value is -3.02. The number of benzene rings is 2. The van der Waals surface area contributed by atoms with E-state index < -0.39 is 17.5 Å². The summed E-state index contributed by atoms with van der Waals surface area (Å²) in [5, 5.41) is 22.4. The first-order valence-corrected chi connectivity index (χ1v) is 8.85. The first-order chi connectivity index (χ1) is 12.7. The van der Waals surface area contributed by atoms with Gasteiger partial charge in [0.2, 0.25) is 0 Å². The lowest BCUT2D eigenvalue weighted by Gasteiger charge is -2.29. The van der Waals surface area contributed by atoms with E-state index in [1.165, 1.54) is 6.07 Å². The molecule has 0 aliphatic heterocycles. The standard InChI is InChI=1S/C21H23NO5/c1-12(2)27-18-13(3)5-4-6-17(18)22-21(20(25)26)10-15-8-7-14(19(23)24)9-16(15)11-21/h4-9,12,22H,10-11H2,1-3H3,(H,23,24)(H,25,26). The summed E-state index contributed by atoms with van der Waals surface area (Å²) < 4.78 is 5.91. The summed E-state index contributed by atoms with van der Waals surface area (Å²) in [7, 11) is 0. The Bertz CT molecular complexity index is 905. The summed E-state index contributed by atoms with van der Waals surface area (Å²) in [6.45, 7) is 5.75. The third-order valence-electron chi connectivity index (χ3n) is 4.79. The molecule has 6 heteroatoms. The maximum Gasteiger partial charge on any atom is 0.335 e. The van der Waals surface area contributed by atoms with E-state index in [1.807, 2.05) is 32.9 Å². The first-order valence-electron chi connectivity index (χ1n) is 8.85. The molecule has 0 spiro atoms. The summed E-state index contributed by atoms with van der Waals surface area (Å²) in [6.07, 6.45) is 0.423. The third-order valence-corrected chi connectivity index (χ3v) is 4.79. The maximum atomic E-state index is 12.2. The van der Waals surface area contributed by atoms with Gasteiger partial charge in [-0.05, 0) is 55.7 Å². The number of rotatable bonds is 6. The monoisotopic (exact) mass is 369 g/mol. The number of aromatic carboxylic acids is 1. The molecule has 0 fully saturated rings. The Morgan fingerprint density at radius 3 is 2.44 bits per heavy atom. The normalized spacial score (nSPS) is 18.2. The number of fused-ring (bicyclic) bond motifs is 1. The summed E-state index contributed by atoms with van der Waals surface area (Å²) in [5.41, 5.74) is 2.03. The molecule has 6 nitrogen and oxygen atoms in total. The van der Waals surface area contributed by atoms with Gasteiger partial charge < -0.3 is 20.3 Å². The van der Waals surface area contributed by atoms with Gasteiger partial charge in [-0.1, -0.05) is 18.2 Å². The van der Waals surface area contributed by atoms with Crippen LogP contribution in [-0.2, 0) is 17.6 Å². The molecule has 0 amide bonds. The zero-order valence-electron chi connectivity index (χ0n) is 15.6. The van der Waals surface area contributed by atoms with Crippen molar-refractivity contribution in [2.75, 3.05) is 5.32 Å². The highest BCUT2D eigenvalue weighted by atomic mass is 16.5. The number of para-hydroxylation sites is 1. The Morgan fingerprint density at radius 2 is 1.81 bits per heavy atom. The summed E-state index contributed by atoms with van der Waals surface area (Å²) in [4.78, 5) is 23.4. The molecule has 0 bridgehead atoms. The van der Waals surface area contributed by atoms with Gasteiger partial charge in [0, 0.05) is 12.8 Å². The van der Waals surface area contributed by atoms with Gasteiger partial charge in [0.25, 0.3) is 0 Å². The van der Waals surface area contributed by atoms with Crippen LogP contribution in [0.25, 0.3) is 0 Å². The Morgan fingerprint density at radius 1 is 1.11 bits per heavy atom. The van der Waals surface area contributed by atoms with E-state index in [2.05, 4.69) is 5.32 Å². The maximum absolute atomic E-state index is 12.2. The molecule has 1 unspecified atom stereocenters. The van der Waals surface area contributed by atoms with Crippen LogP contribution < -0.4 is 10.1 Å². The predicted octanol–water partition coefficient (Wildman–Crippen LogP) is 3.51. The average molecular weight is 369 g/mol. The van der Waals surface area contributed by atoms with Crippen molar-refractivity contribution in [3.05, 3.63) is 58.7 Å². The topological polar surface area (TPSA) is 95.9 Å². The van der Waals surface area contributed by atoms with Crippen molar-refractivity contribution in [1.29, 1.82) is 0 Å². The van der Waals surface area contributed by atoms with Crippen LogP contribution in [0.2, 0.25) is 0 Å². The molecule has 1 atom stereocenters. The van der Waals surface area contributed by atoms with Crippen LogP contribution in [0.1, 0.15) is 40.9 Å². The van der Waals surface area contributed by atoms with Gasteiger partial charge >= 0.3 is 11.9 Å². The molecule has 3 N–H and O–H groups in total. The molecule has 0 saturated carbocycles.